The van der Waals surface area contributed by atoms with Gasteiger partial charge in [-0.3, -0.25) is 4.79 Å². The van der Waals surface area contributed by atoms with Crippen LogP contribution < -0.4 is 5.73 Å². The number of hydrogen-bond acceptors (Lipinski definition) is 3. The average molecular weight is 288 g/mol. The summed E-state index contributed by atoms with van der Waals surface area (Å²) in [5, 5.41) is 0.960. The summed E-state index contributed by atoms with van der Waals surface area (Å²) < 4.78 is 5.56. The predicted molar refractivity (Wildman–Crippen MR) is 72.1 cm³/mol. The van der Waals surface area contributed by atoms with Crippen LogP contribution in [0.1, 0.15) is 18.4 Å². The maximum absolute atomic E-state index is 12.0. The highest BCUT2D eigenvalue weighted by atomic mass is 35.5. The molecule has 18 heavy (non-hydrogen) atoms. The molecule has 1 fully saturated rings. The zero-order valence-corrected chi connectivity index (χ0v) is 11.4. The third-order valence-corrected chi connectivity index (χ3v) is 3.83. The molecule has 1 saturated heterocycles. The van der Waals surface area contributed by atoms with Crippen molar-refractivity contribution in [1.82, 2.24) is 0 Å². The van der Waals surface area contributed by atoms with Crippen LogP contribution in [0.2, 0.25) is 10.0 Å². The Morgan fingerprint density at radius 3 is 2.72 bits per heavy atom. The van der Waals surface area contributed by atoms with E-state index in [1.54, 1.807) is 12.1 Å². The van der Waals surface area contributed by atoms with Crippen LogP contribution in [-0.2, 0) is 16.0 Å². The molecule has 2 atom stereocenters. The second-order valence-electron chi connectivity index (χ2n) is 4.45. The number of Topliss-reactive ketones (excluding diaryl/α,β-unsaturated/α-hetero) is 1. The van der Waals surface area contributed by atoms with Crippen LogP contribution in [0.3, 0.4) is 0 Å². The van der Waals surface area contributed by atoms with Crippen molar-refractivity contribution in [3.05, 3.63) is 33.8 Å². The summed E-state index contributed by atoms with van der Waals surface area (Å²) in [5.74, 6) is 0.0735. The molecule has 2 unspecified atom stereocenters. The largest absolute Gasteiger partial charge is 0.366 e. The zero-order valence-electron chi connectivity index (χ0n) is 9.86. The van der Waals surface area contributed by atoms with E-state index in [1.807, 2.05) is 6.07 Å². The van der Waals surface area contributed by atoms with Crippen LogP contribution in [0, 0.1) is 0 Å². The first-order chi connectivity index (χ1) is 8.60. The van der Waals surface area contributed by atoms with Crippen molar-refractivity contribution in [2.45, 2.75) is 31.5 Å². The molecule has 3 nitrogen and oxygen atoms in total. The van der Waals surface area contributed by atoms with E-state index in [9.17, 15) is 4.79 Å². The summed E-state index contributed by atoms with van der Waals surface area (Å²) in [6.45, 7) is 0.469. The van der Waals surface area contributed by atoms with E-state index in [4.69, 9.17) is 33.7 Å². The Kier molecular flexibility index (Phi) is 4.62. The predicted octanol–water partition coefficient (Wildman–Crippen LogP) is 2.61. The molecule has 0 amide bonds. The summed E-state index contributed by atoms with van der Waals surface area (Å²) in [5.41, 5.74) is 6.37. The van der Waals surface area contributed by atoms with Crippen LogP contribution in [-0.4, -0.2) is 24.5 Å². The second kappa shape index (κ2) is 6.02. The Morgan fingerprint density at radius 2 is 2.11 bits per heavy atom. The van der Waals surface area contributed by atoms with Crippen molar-refractivity contribution in [2.75, 3.05) is 6.54 Å². The van der Waals surface area contributed by atoms with Gasteiger partial charge in [0.1, 0.15) is 6.10 Å². The Morgan fingerprint density at radius 1 is 1.33 bits per heavy atom. The average Bonchev–Trinajstić information content (AvgIpc) is 2.82. The third kappa shape index (κ3) is 3.23. The molecule has 0 bridgehead atoms. The van der Waals surface area contributed by atoms with E-state index in [0.29, 0.717) is 23.0 Å². The molecule has 1 aromatic carbocycles. The summed E-state index contributed by atoms with van der Waals surface area (Å²) in [6, 6.07) is 5.23. The van der Waals surface area contributed by atoms with E-state index in [1.165, 1.54) is 0 Å². The molecule has 0 spiro atoms. The summed E-state index contributed by atoms with van der Waals surface area (Å²) in [7, 11) is 0. The maximum Gasteiger partial charge on any atom is 0.165 e. The number of hydrogen-bond donors (Lipinski definition) is 1. The van der Waals surface area contributed by atoms with Gasteiger partial charge in [-0.05, 0) is 30.5 Å². The van der Waals surface area contributed by atoms with Crippen molar-refractivity contribution >= 4 is 29.0 Å². The molecule has 98 valence electrons. The monoisotopic (exact) mass is 287 g/mol. The molecule has 1 heterocycles. The van der Waals surface area contributed by atoms with E-state index < -0.39 is 0 Å². The number of ether oxygens (including phenoxy) is 1. The number of rotatable bonds is 4. The fourth-order valence-electron chi connectivity index (χ4n) is 2.08. The summed E-state index contributed by atoms with van der Waals surface area (Å²) in [4.78, 5) is 12.0. The van der Waals surface area contributed by atoms with Gasteiger partial charge in [-0.1, -0.05) is 29.3 Å². The van der Waals surface area contributed by atoms with Gasteiger partial charge in [0, 0.05) is 13.0 Å². The quantitative estimate of drug-likeness (QED) is 0.926. The van der Waals surface area contributed by atoms with Crippen molar-refractivity contribution in [1.29, 1.82) is 0 Å². The summed E-state index contributed by atoms with van der Waals surface area (Å²) in [6.07, 6.45) is 1.62. The van der Waals surface area contributed by atoms with E-state index in [0.717, 1.165) is 18.4 Å². The van der Waals surface area contributed by atoms with Gasteiger partial charge in [-0.2, -0.15) is 0 Å². The normalized spacial score (nSPS) is 23.3. The minimum Gasteiger partial charge on any atom is -0.366 e. The number of nitrogens with two attached hydrogens (primary N) is 1. The molecule has 1 aliphatic heterocycles. The van der Waals surface area contributed by atoms with E-state index in [-0.39, 0.29) is 18.0 Å². The SMILES string of the molecule is NCC1CCC(C(=O)Cc2ccc(Cl)c(Cl)c2)O1. The van der Waals surface area contributed by atoms with Crippen LogP contribution >= 0.6 is 23.2 Å². The van der Waals surface area contributed by atoms with Crippen LogP contribution in [0.15, 0.2) is 18.2 Å². The summed E-state index contributed by atoms with van der Waals surface area (Å²) >= 11 is 11.7. The van der Waals surface area contributed by atoms with Crippen molar-refractivity contribution in [3.63, 3.8) is 0 Å². The zero-order chi connectivity index (χ0) is 13.1. The Balaban J connectivity index is 1.97. The van der Waals surface area contributed by atoms with Gasteiger partial charge in [-0.15, -0.1) is 0 Å². The van der Waals surface area contributed by atoms with Crippen molar-refractivity contribution in [3.8, 4) is 0 Å². The van der Waals surface area contributed by atoms with E-state index >= 15 is 0 Å². The maximum atomic E-state index is 12.0. The van der Waals surface area contributed by atoms with Gasteiger partial charge in [0.2, 0.25) is 0 Å². The third-order valence-electron chi connectivity index (χ3n) is 3.09. The smallest absolute Gasteiger partial charge is 0.165 e. The van der Waals surface area contributed by atoms with Crippen LogP contribution in [0.4, 0.5) is 0 Å². The first-order valence-electron chi connectivity index (χ1n) is 5.92. The van der Waals surface area contributed by atoms with Gasteiger partial charge in [0.25, 0.3) is 0 Å². The number of carbonyl (C=O) groups excluding carboxylic acids is 1. The lowest BCUT2D eigenvalue weighted by Crippen LogP contribution is -2.26. The first-order valence-corrected chi connectivity index (χ1v) is 6.68. The highest BCUT2D eigenvalue weighted by Gasteiger charge is 2.29. The first kappa shape index (κ1) is 13.8. The minimum atomic E-state index is -0.326. The van der Waals surface area contributed by atoms with Crippen LogP contribution in [0.25, 0.3) is 0 Å². The Bertz CT molecular complexity index is 451. The van der Waals surface area contributed by atoms with Gasteiger partial charge >= 0.3 is 0 Å². The molecular formula is C13H15Cl2NO2. The van der Waals surface area contributed by atoms with Crippen molar-refractivity contribution < 1.29 is 9.53 Å². The van der Waals surface area contributed by atoms with E-state index in [2.05, 4.69) is 0 Å². The number of halogens is 2. The topological polar surface area (TPSA) is 52.3 Å². The van der Waals surface area contributed by atoms with Crippen LogP contribution in [0.5, 0.6) is 0 Å². The lowest BCUT2D eigenvalue weighted by Gasteiger charge is -2.11. The molecule has 1 aromatic rings. The van der Waals surface area contributed by atoms with Gasteiger partial charge in [0.15, 0.2) is 5.78 Å². The molecule has 2 N–H and O–H groups in total. The minimum absolute atomic E-state index is 0.0211. The molecular weight excluding hydrogens is 273 g/mol. The van der Waals surface area contributed by atoms with Gasteiger partial charge < -0.3 is 10.5 Å². The molecule has 5 heteroatoms. The standard InChI is InChI=1S/C13H15Cl2NO2/c14-10-3-1-8(5-11(10)15)6-12(17)13-4-2-9(7-16)18-13/h1,3,5,9,13H,2,4,6-7,16H2. The lowest BCUT2D eigenvalue weighted by molar-refractivity contribution is -0.128. The number of carbonyl (C=O) groups is 1. The molecule has 1 aliphatic rings. The van der Waals surface area contributed by atoms with Gasteiger partial charge in [0.05, 0.1) is 16.1 Å². The second-order valence-corrected chi connectivity index (χ2v) is 5.27. The Labute approximate surface area is 116 Å². The highest BCUT2D eigenvalue weighted by Crippen LogP contribution is 2.25. The Hall–Kier alpha value is -0.610. The fraction of sp³-hybridized carbons (Fsp3) is 0.462. The lowest BCUT2D eigenvalue weighted by atomic mass is 10.0. The van der Waals surface area contributed by atoms with Gasteiger partial charge in [-0.25, -0.2) is 0 Å². The fourth-order valence-corrected chi connectivity index (χ4v) is 2.40. The molecule has 0 radical (unpaired) electrons. The molecule has 0 saturated carbocycles. The molecule has 0 aromatic heterocycles. The number of ketones is 1. The number of benzene rings is 1. The highest BCUT2D eigenvalue weighted by molar-refractivity contribution is 6.42. The molecule has 2 rings (SSSR count). The molecule has 0 aliphatic carbocycles. The van der Waals surface area contributed by atoms with Crippen molar-refractivity contribution in [2.24, 2.45) is 5.73 Å².